The number of benzene rings is 1. The number of aliphatic hydroxyl groups excluding tert-OH is 1. The van der Waals surface area contributed by atoms with Crippen molar-refractivity contribution in [2.45, 2.75) is 88.6 Å². The molecule has 1 aromatic carbocycles. The molecule has 4 unspecified atom stereocenters. The van der Waals surface area contributed by atoms with Crippen molar-refractivity contribution >= 4 is 6.03 Å². The SMILES string of the molecule is CCCC1CC(O)CCN1C(=O)N1C2CCC1CC(Oc1ccccc1)C2. The van der Waals surface area contributed by atoms with Crippen molar-refractivity contribution in [1.82, 2.24) is 9.80 Å². The maximum atomic E-state index is 13.4. The molecule has 3 fully saturated rings. The molecule has 1 aromatic rings. The molecule has 0 aromatic heterocycles. The number of ether oxygens (including phenoxy) is 1. The number of nitrogens with zero attached hydrogens (tertiary/aromatic N) is 2. The summed E-state index contributed by atoms with van der Waals surface area (Å²) >= 11 is 0. The number of para-hydroxylation sites is 1. The molecule has 3 aliphatic heterocycles. The van der Waals surface area contributed by atoms with E-state index in [1.807, 2.05) is 30.3 Å². The Morgan fingerprint density at radius 1 is 1.11 bits per heavy atom. The second-order valence-electron chi connectivity index (χ2n) is 8.41. The maximum absolute atomic E-state index is 13.4. The molecule has 5 heteroatoms. The first-order valence-corrected chi connectivity index (χ1v) is 10.6. The maximum Gasteiger partial charge on any atom is 0.320 e. The van der Waals surface area contributed by atoms with Gasteiger partial charge >= 0.3 is 6.03 Å². The lowest BCUT2D eigenvalue weighted by Gasteiger charge is -2.45. The van der Waals surface area contributed by atoms with Gasteiger partial charge in [-0.1, -0.05) is 31.5 Å². The molecule has 0 saturated carbocycles. The summed E-state index contributed by atoms with van der Waals surface area (Å²) in [6.45, 7) is 2.84. The van der Waals surface area contributed by atoms with Gasteiger partial charge in [-0.2, -0.15) is 0 Å². The normalized spacial score (nSPS) is 33.2. The summed E-state index contributed by atoms with van der Waals surface area (Å²) in [5.74, 6) is 0.926. The van der Waals surface area contributed by atoms with Gasteiger partial charge in [0.2, 0.25) is 0 Å². The highest BCUT2D eigenvalue weighted by molar-refractivity contribution is 5.76. The number of fused-ring (bicyclic) bond motifs is 2. The van der Waals surface area contributed by atoms with Gasteiger partial charge in [0.05, 0.1) is 6.10 Å². The Hall–Kier alpha value is -1.75. The van der Waals surface area contributed by atoms with Gasteiger partial charge in [0.25, 0.3) is 0 Å². The molecule has 0 aliphatic carbocycles. The number of carbonyl (C=O) groups excluding carboxylic acids is 1. The third kappa shape index (κ3) is 3.93. The number of hydrogen-bond acceptors (Lipinski definition) is 3. The number of hydrogen-bond donors (Lipinski definition) is 1. The third-order valence-electron chi connectivity index (χ3n) is 6.51. The molecular formula is C22H32N2O3. The topological polar surface area (TPSA) is 53.0 Å². The van der Waals surface area contributed by atoms with Crippen LogP contribution in [0.1, 0.15) is 58.3 Å². The lowest BCUT2D eigenvalue weighted by Crippen LogP contribution is -2.58. The Morgan fingerprint density at radius 2 is 1.81 bits per heavy atom. The van der Waals surface area contributed by atoms with Gasteiger partial charge in [0.15, 0.2) is 0 Å². The average molecular weight is 373 g/mol. The van der Waals surface area contributed by atoms with Crippen LogP contribution < -0.4 is 4.74 Å². The monoisotopic (exact) mass is 372 g/mol. The molecule has 148 valence electrons. The van der Waals surface area contributed by atoms with Crippen molar-refractivity contribution in [3.63, 3.8) is 0 Å². The van der Waals surface area contributed by atoms with E-state index >= 15 is 0 Å². The standard InChI is InChI=1S/C22H32N2O3/c1-2-6-16-13-19(25)11-12-23(16)22(26)24-17-9-10-18(24)15-21(14-17)27-20-7-4-3-5-8-20/h3-5,7-8,16-19,21,25H,2,6,9-15H2,1H3. The van der Waals surface area contributed by atoms with Crippen molar-refractivity contribution in [2.75, 3.05) is 6.54 Å². The van der Waals surface area contributed by atoms with Crippen molar-refractivity contribution in [3.05, 3.63) is 30.3 Å². The number of amides is 2. The zero-order chi connectivity index (χ0) is 18.8. The van der Waals surface area contributed by atoms with E-state index in [2.05, 4.69) is 16.7 Å². The van der Waals surface area contributed by atoms with Gasteiger partial charge < -0.3 is 19.6 Å². The summed E-state index contributed by atoms with van der Waals surface area (Å²) in [5.41, 5.74) is 0. The van der Waals surface area contributed by atoms with Crippen LogP contribution in [0.3, 0.4) is 0 Å². The van der Waals surface area contributed by atoms with E-state index in [0.717, 1.165) is 50.7 Å². The minimum absolute atomic E-state index is 0.184. The van der Waals surface area contributed by atoms with Gasteiger partial charge in [0.1, 0.15) is 11.9 Å². The number of aliphatic hydroxyl groups is 1. The first-order valence-electron chi connectivity index (χ1n) is 10.6. The van der Waals surface area contributed by atoms with Gasteiger partial charge in [-0.15, -0.1) is 0 Å². The van der Waals surface area contributed by atoms with E-state index in [-0.39, 0.29) is 24.3 Å². The zero-order valence-electron chi connectivity index (χ0n) is 16.3. The average Bonchev–Trinajstić information content (AvgIpc) is 2.93. The van der Waals surface area contributed by atoms with Gasteiger partial charge in [-0.3, -0.25) is 0 Å². The molecular weight excluding hydrogens is 340 g/mol. The minimum Gasteiger partial charge on any atom is -0.490 e. The summed E-state index contributed by atoms with van der Waals surface area (Å²) in [7, 11) is 0. The second kappa shape index (κ2) is 8.09. The van der Waals surface area contributed by atoms with Crippen molar-refractivity contribution in [1.29, 1.82) is 0 Å². The summed E-state index contributed by atoms with van der Waals surface area (Å²) < 4.78 is 6.20. The first-order chi connectivity index (χ1) is 13.2. The van der Waals surface area contributed by atoms with E-state index in [9.17, 15) is 9.90 Å². The molecule has 4 rings (SSSR count). The molecule has 3 aliphatic rings. The van der Waals surface area contributed by atoms with Gasteiger partial charge in [0, 0.05) is 37.5 Å². The number of likely N-dealkylation sites (tertiary alicyclic amines) is 1. The van der Waals surface area contributed by atoms with Crippen molar-refractivity contribution < 1.29 is 14.6 Å². The third-order valence-corrected chi connectivity index (χ3v) is 6.51. The first kappa shape index (κ1) is 18.6. The van der Waals surface area contributed by atoms with Crippen LogP contribution in [-0.4, -0.2) is 57.8 Å². The molecule has 3 saturated heterocycles. The van der Waals surface area contributed by atoms with Crippen LogP contribution >= 0.6 is 0 Å². The highest BCUT2D eigenvalue weighted by Crippen LogP contribution is 2.39. The van der Waals surface area contributed by atoms with Crippen LogP contribution in [0.15, 0.2) is 30.3 Å². The fourth-order valence-corrected chi connectivity index (χ4v) is 5.26. The number of piperidine rings is 2. The lowest BCUT2D eigenvalue weighted by atomic mass is 9.95. The van der Waals surface area contributed by atoms with E-state index in [1.54, 1.807) is 0 Å². The number of carbonyl (C=O) groups is 1. The predicted octanol–water partition coefficient (Wildman–Crippen LogP) is 3.81. The molecule has 27 heavy (non-hydrogen) atoms. The smallest absolute Gasteiger partial charge is 0.320 e. The summed E-state index contributed by atoms with van der Waals surface area (Å²) in [6.07, 6.45) is 7.40. The van der Waals surface area contributed by atoms with Crippen LogP contribution in [0.25, 0.3) is 0 Å². The summed E-state index contributed by atoms with van der Waals surface area (Å²) in [6, 6.07) is 11.0. The quantitative estimate of drug-likeness (QED) is 0.874. The zero-order valence-corrected chi connectivity index (χ0v) is 16.3. The van der Waals surface area contributed by atoms with Gasteiger partial charge in [-0.05, 0) is 44.2 Å². The van der Waals surface area contributed by atoms with E-state index < -0.39 is 0 Å². The van der Waals surface area contributed by atoms with Crippen LogP contribution in [0, 0.1) is 0 Å². The van der Waals surface area contributed by atoms with Crippen LogP contribution in [0.4, 0.5) is 4.79 Å². The Bertz CT molecular complexity index is 624. The van der Waals surface area contributed by atoms with Crippen molar-refractivity contribution in [3.8, 4) is 5.75 Å². The Kier molecular flexibility index (Phi) is 5.58. The molecule has 5 nitrogen and oxygen atoms in total. The van der Waals surface area contributed by atoms with Crippen LogP contribution in [0.5, 0.6) is 5.75 Å². The number of urea groups is 1. The van der Waals surface area contributed by atoms with Crippen molar-refractivity contribution in [2.24, 2.45) is 0 Å². The Morgan fingerprint density at radius 3 is 2.48 bits per heavy atom. The molecule has 0 spiro atoms. The van der Waals surface area contributed by atoms with Crippen LogP contribution in [0.2, 0.25) is 0 Å². The van der Waals surface area contributed by atoms with E-state index in [4.69, 9.17) is 4.74 Å². The second-order valence-corrected chi connectivity index (χ2v) is 8.41. The molecule has 2 amide bonds. The van der Waals surface area contributed by atoms with E-state index in [0.29, 0.717) is 25.0 Å². The largest absolute Gasteiger partial charge is 0.490 e. The Labute approximate surface area is 162 Å². The molecule has 0 radical (unpaired) electrons. The number of rotatable bonds is 4. The molecule has 4 atom stereocenters. The summed E-state index contributed by atoms with van der Waals surface area (Å²) in [4.78, 5) is 17.6. The van der Waals surface area contributed by atoms with Gasteiger partial charge in [-0.25, -0.2) is 4.79 Å². The fraction of sp³-hybridized carbons (Fsp3) is 0.682. The Balaban J connectivity index is 1.42. The molecule has 3 heterocycles. The highest BCUT2D eigenvalue weighted by atomic mass is 16.5. The van der Waals surface area contributed by atoms with E-state index in [1.165, 1.54) is 0 Å². The summed E-state index contributed by atoms with van der Waals surface area (Å²) in [5, 5.41) is 10.0. The highest BCUT2D eigenvalue weighted by Gasteiger charge is 2.46. The fourth-order valence-electron chi connectivity index (χ4n) is 5.26. The van der Waals surface area contributed by atoms with Crippen LogP contribution in [-0.2, 0) is 0 Å². The lowest BCUT2D eigenvalue weighted by molar-refractivity contribution is 0.0203. The molecule has 2 bridgehead atoms. The molecule has 1 N–H and O–H groups in total. The minimum atomic E-state index is -0.257. The predicted molar refractivity (Wildman–Crippen MR) is 105 cm³/mol.